The fraction of sp³-hybridized carbons (Fsp3) is 0.957. The molecule has 3 rings (SSSR count). The third-order valence-electron chi connectivity index (χ3n) is 8.30. The molecule has 0 aromatic carbocycles. The first-order chi connectivity index (χ1) is 13.4. The highest BCUT2D eigenvalue weighted by atomic mass is 19.4. The number of carbonyl (C=O) groups excluding carboxylic acids is 1. The first kappa shape index (κ1) is 23.1. The molecule has 0 aromatic heterocycles. The van der Waals surface area contributed by atoms with Crippen LogP contribution in [-0.2, 0) is 9.53 Å². The summed E-state index contributed by atoms with van der Waals surface area (Å²) in [5, 5.41) is 10.6. The molecule has 7 atom stereocenters. The lowest BCUT2D eigenvalue weighted by atomic mass is 9.57. The van der Waals surface area contributed by atoms with Crippen molar-refractivity contribution in [2.75, 3.05) is 6.61 Å². The van der Waals surface area contributed by atoms with E-state index in [1.54, 1.807) is 0 Å². The Morgan fingerprint density at radius 1 is 1.07 bits per heavy atom. The number of rotatable bonds is 3. The van der Waals surface area contributed by atoms with Crippen LogP contribution in [0.4, 0.5) is 13.2 Å². The molecule has 3 aliphatic rings. The SMILES string of the molecule is CC1CCC2C(CCCC(C)(O)C1)CCC1(C)C(OCC(=O)C(F)(F)F)CCC21. The van der Waals surface area contributed by atoms with Crippen LogP contribution in [0.15, 0.2) is 0 Å². The standard InChI is InChI=1S/C23H37F3O3/c1-15-6-7-17-16(5-4-11-21(2,28)13-15)10-12-22(3)18(17)8-9-20(22)29-14-19(27)23(24,25)26/h15-18,20,28H,4-14H2,1-3H3. The molecule has 0 radical (unpaired) electrons. The molecule has 0 saturated heterocycles. The normalized spacial score (nSPS) is 44.0. The van der Waals surface area contributed by atoms with E-state index in [9.17, 15) is 23.1 Å². The van der Waals surface area contributed by atoms with E-state index in [1.165, 1.54) is 0 Å². The monoisotopic (exact) mass is 418 g/mol. The summed E-state index contributed by atoms with van der Waals surface area (Å²) in [6.45, 7) is 5.51. The molecule has 3 aliphatic carbocycles. The zero-order valence-electron chi connectivity index (χ0n) is 18.1. The smallest absolute Gasteiger partial charge is 0.390 e. The zero-order valence-corrected chi connectivity index (χ0v) is 18.1. The second-order valence-corrected chi connectivity index (χ2v) is 10.6. The minimum Gasteiger partial charge on any atom is -0.390 e. The van der Waals surface area contributed by atoms with Gasteiger partial charge in [0.2, 0.25) is 0 Å². The number of hydrogen-bond donors (Lipinski definition) is 1. The number of ketones is 1. The Labute approximate surface area is 172 Å². The number of aliphatic hydroxyl groups is 1. The lowest BCUT2D eigenvalue weighted by molar-refractivity contribution is -0.180. The topological polar surface area (TPSA) is 46.5 Å². The molecular weight excluding hydrogens is 381 g/mol. The summed E-state index contributed by atoms with van der Waals surface area (Å²) in [6.07, 6.45) is 4.72. The highest BCUT2D eigenvalue weighted by Crippen LogP contribution is 2.59. The Kier molecular flexibility index (Phi) is 6.75. The quantitative estimate of drug-likeness (QED) is 0.641. The van der Waals surface area contributed by atoms with Crippen LogP contribution in [0, 0.1) is 29.1 Å². The van der Waals surface area contributed by atoms with Crippen molar-refractivity contribution in [3.8, 4) is 0 Å². The molecule has 3 fully saturated rings. The minimum atomic E-state index is -4.82. The van der Waals surface area contributed by atoms with E-state index in [0.29, 0.717) is 23.7 Å². The molecule has 0 amide bonds. The van der Waals surface area contributed by atoms with Gasteiger partial charge < -0.3 is 9.84 Å². The van der Waals surface area contributed by atoms with Gasteiger partial charge in [-0.25, -0.2) is 0 Å². The zero-order chi connectivity index (χ0) is 21.4. The van der Waals surface area contributed by atoms with Crippen molar-refractivity contribution in [1.82, 2.24) is 0 Å². The van der Waals surface area contributed by atoms with Crippen LogP contribution >= 0.6 is 0 Å². The first-order valence-corrected chi connectivity index (χ1v) is 11.4. The van der Waals surface area contributed by atoms with Crippen LogP contribution < -0.4 is 0 Å². The van der Waals surface area contributed by atoms with Crippen molar-refractivity contribution in [3.63, 3.8) is 0 Å². The number of carbonyl (C=O) groups is 1. The average Bonchev–Trinajstić information content (AvgIpc) is 2.93. The maximum atomic E-state index is 12.6. The van der Waals surface area contributed by atoms with E-state index in [4.69, 9.17) is 4.74 Å². The van der Waals surface area contributed by atoms with Crippen molar-refractivity contribution >= 4 is 5.78 Å². The predicted molar refractivity (Wildman–Crippen MR) is 105 cm³/mol. The summed E-state index contributed by atoms with van der Waals surface area (Å²) in [5.74, 6) is 0.350. The second-order valence-electron chi connectivity index (χ2n) is 10.6. The van der Waals surface area contributed by atoms with Gasteiger partial charge in [-0.3, -0.25) is 4.79 Å². The lowest BCUT2D eigenvalue weighted by Crippen LogP contribution is -2.45. The van der Waals surface area contributed by atoms with Crippen molar-refractivity contribution in [2.45, 2.75) is 103 Å². The van der Waals surface area contributed by atoms with Gasteiger partial charge in [0.1, 0.15) is 6.61 Å². The maximum Gasteiger partial charge on any atom is 0.452 e. The van der Waals surface area contributed by atoms with E-state index in [1.807, 2.05) is 6.92 Å². The molecule has 3 saturated carbocycles. The van der Waals surface area contributed by atoms with Gasteiger partial charge in [0.25, 0.3) is 5.78 Å². The highest BCUT2D eigenvalue weighted by molar-refractivity contribution is 5.85. The largest absolute Gasteiger partial charge is 0.452 e. The Morgan fingerprint density at radius 3 is 2.48 bits per heavy atom. The van der Waals surface area contributed by atoms with Gasteiger partial charge in [-0.15, -0.1) is 0 Å². The summed E-state index contributed by atoms with van der Waals surface area (Å²) < 4.78 is 43.3. The molecule has 0 spiro atoms. The Morgan fingerprint density at radius 2 is 1.79 bits per heavy atom. The van der Waals surface area contributed by atoms with Crippen molar-refractivity contribution in [2.24, 2.45) is 29.1 Å². The number of fused-ring (bicyclic) bond motifs is 3. The molecule has 29 heavy (non-hydrogen) atoms. The number of hydrogen-bond acceptors (Lipinski definition) is 3. The van der Waals surface area contributed by atoms with Crippen LogP contribution in [0.1, 0.15) is 85.0 Å². The third kappa shape index (κ3) is 5.17. The summed E-state index contributed by atoms with van der Waals surface area (Å²) >= 11 is 0. The average molecular weight is 419 g/mol. The molecule has 0 heterocycles. The van der Waals surface area contributed by atoms with E-state index >= 15 is 0 Å². The van der Waals surface area contributed by atoms with Crippen molar-refractivity contribution in [1.29, 1.82) is 0 Å². The van der Waals surface area contributed by atoms with E-state index in [-0.39, 0.29) is 11.5 Å². The van der Waals surface area contributed by atoms with Gasteiger partial charge in [0, 0.05) is 0 Å². The fourth-order valence-electron chi connectivity index (χ4n) is 6.82. The first-order valence-electron chi connectivity index (χ1n) is 11.4. The Hall–Kier alpha value is -0.620. The van der Waals surface area contributed by atoms with E-state index < -0.39 is 24.2 Å². The van der Waals surface area contributed by atoms with Crippen LogP contribution in [-0.4, -0.2) is 35.4 Å². The minimum absolute atomic E-state index is 0.133. The molecule has 0 aromatic rings. The number of Topliss-reactive ketones (excluding diaryl/α,β-unsaturated/α-hetero) is 1. The lowest BCUT2D eigenvalue weighted by Gasteiger charge is -2.49. The number of ether oxygens (including phenoxy) is 1. The Bertz CT molecular complexity index is 588. The predicted octanol–water partition coefficient (Wildman–Crippen LogP) is 5.69. The van der Waals surface area contributed by atoms with Crippen LogP contribution in [0.2, 0.25) is 0 Å². The molecule has 168 valence electrons. The van der Waals surface area contributed by atoms with Gasteiger partial charge in [0.15, 0.2) is 0 Å². The fourth-order valence-corrected chi connectivity index (χ4v) is 6.82. The Balaban J connectivity index is 1.68. The van der Waals surface area contributed by atoms with Crippen molar-refractivity contribution in [3.05, 3.63) is 0 Å². The molecule has 1 N–H and O–H groups in total. The molecule has 0 bridgehead atoms. The van der Waals surface area contributed by atoms with E-state index in [0.717, 1.165) is 64.2 Å². The molecule has 0 aliphatic heterocycles. The van der Waals surface area contributed by atoms with Crippen LogP contribution in [0.5, 0.6) is 0 Å². The summed E-state index contributed by atoms with van der Waals surface area (Å²) in [7, 11) is 0. The van der Waals surface area contributed by atoms with Crippen LogP contribution in [0.25, 0.3) is 0 Å². The molecule has 3 nitrogen and oxygen atoms in total. The van der Waals surface area contributed by atoms with Gasteiger partial charge >= 0.3 is 6.18 Å². The van der Waals surface area contributed by atoms with Gasteiger partial charge in [-0.1, -0.05) is 33.1 Å². The summed E-state index contributed by atoms with van der Waals surface area (Å²) in [6, 6.07) is 0. The molecular formula is C23H37F3O3. The van der Waals surface area contributed by atoms with E-state index in [2.05, 4.69) is 13.8 Å². The van der Waals surface area contributed by atoms with Crippen molar-refractivity contribution < 1.29 is 27.8 Å². The van der Waals surface area contributed by atoms with Crippen LogP contribution in [0.3, 0.4) is 0 Å². The molecule has 6 heteroatoms. The second kappa shape index (κ2) is 8.49. The third-order valence-corrected chi connectivity index (χ3v) is 8.30. The number of halogens is 3. The maximum absolute atomic E-state index is 12.6. The number of alkyl halides is 3. The highest BCUT2D eigenvalue weighted by Gasteiger charge is 2.54. The van der Waals surface area contributed by atoms with Gasteiger partial charge in [-0.05, 0) is 81.0 Å². The van der Waals surface area contributed by atoms with Gasteiger partial charge in [-0.2, -0.15) is 13.2 Å². The summed E-state index contributed by atoms with van der Waals surface area (Å²) in [5.41, 5.74) is -0.710. The van der Waals surface area contributed by atoms with Gasteiger partial charge in [0.05, 0.1) is 11.7 Å². The molecule has 7 unspecified atom stereocenters. The summed E-state index contributed by atoms with van der Waals surface area (Å²) in [4.78, 5) is 11.3.